The third-order valence-electron chi connectivity index (χ3n) is 3.59. The topological polar surface area (TPSA) is 79.5 Å². The number of thiazole rings is 1. The number of nitrogens with two attached hydrogens (primary N) is 1. The molecule has 0 fully saturated rings. The second-order valence-corrected chi connectivity index (χ2v) is 8.17. The summed E-state index contributed by atoms with van der Waals surface area (Å²) in [7, 11) is 0. The van der Waals surface area contributed by atoms with E-state index in [1.54, 1.807) is 22.7 Å². The summed E-state index contributed by atoms with van der Waals surface area (Å²) < 4.78 is 0. The van der Waals surface area contributed by atoms with Crippen molar-refractivity contribution in [2.75, 3.05) is 6.54 Å². The Labute approximate surface area is 170 Å². The second kappa shape index (κ2) is 9.02. The predicted molar refractivity (Wildman–Crippen MR) is 109 cm³/mol. The van der Waals surface area contributed by atoms with Crippen LogP contribution in [0, 0.1) is 11.8 Å². The van der Waals surface area contributed by atoms with Gasteiger partial charge in [-0.3, -0.25) is 5.21 Å². The summed E-state index contributed by atoms with van der Waals surface area (Å²) in [6.07, 6.45) is 1.33. The van der Waals surface area contributed by atoms with E-state index in [1.807, 2.05) is 30.3 Å². The van der Waals surface area contributed by atoms with Gasteiger partial charge < -0.3 is 5.73 Å². The highest BCUT2D eigenvalue weighted by molar-refractivity contribution is 7.13. The molecule has 138 valence electrons. The van der Waals surface area contributed by atoms with Crippen LogP contribution in [0.5, 0.6) is 0 Å². The predicted octanol–water partition coefficient (Wildman–Crippen LogP) is 4.43. The van der Waals surface area contributed by atoms with Gasteiger partial charge in [-0.2, -0.15) is 5.06 Å². The van der Waals surface area contributed by atoms with Crippen LogP contribution in [0.3, 0.4) is 0 Å². The Morgan fingerprint density at radius 1 is 1.19 bits per heavy atom. The average Bonchev–Trinajstić information content (AvgIpc) is 3.29. The Bertz CT molecular complexity index is 986. The number of benzene rings is 1. The fraction of sp³-hybridized carbons (Fsp3) is 0.158. The Morgan fingerprint density at radius 3 is 2.67 bits per heavy atom. The van der Waals surface area contributed by atoms with Crippen molar-refractivity contribution < 1.29 is 10.0 Å². The van der Waals surface area contributed by atoms with E-state index in [0.29, 0.717) is 16.5 Å². The molecule has 1 aromatic carbocycles. The lowest BCUT2D eigenvalue weighted by molar-refractivity contribution is -0.0269. The smallest absolute Gasteiger partial charge is 0.339 e. The maximum atomic E-state index is 10.7. The Hall–Kier alpha value is -2.37. The number of carbonyl (C=O) groups is 1. The number of urea groups is 1. The van der Waals surface area contributed by atoms with Gasteiger partial charge in [0.1, 0.15) is 11.6 Å². The van der Waals surface area contributed by atoms with Crippen LogP contribution >= 0.6 is 34.3 Å². The van der Waals surface area contributed by atoms with Gasteiger partial charge in [0.05, 0.1) is 5.69 Å². The molecular formula is C19H16ClN3O2S2. The van der Waals surface area contributed by atoms with E-state index in [4.69, 9.17) is 27.5 Å². The fourth-order valence-corrected chi connectivity index (χ4v) is 4.19. The third-order valence-corrected chi connectivity index (χ3v) is 5.86. The molecule has 0 aliphatic heterocycles. The van der Waals surface area contributed by atoms with Crippen molar-refractivity contribution in [3.8, 4) is 22.4 Å². The molecule has 0 bridgehead atoms. The summed E-state index contributed by atoms with van der Waals surface area (Å²) in [5.41, 5.74) is 7.00. The molecule has 0 aliphatic carbocycles. The van der Waals surface area contributed by atoms with Crippen molar-refractivity contribution in [1.29, 1.82) is 0 Å². The van der Waals surface area contributed by atoms with Crippen LogP contribution < -0.4 is 5.73 Å². The number of hydrogen-bond acceptors (Lipinski definition) is 5. The molecule has 8 heteroatoms. The average molecular weight is 418 g/mol. The van der Waals surface area contributed by atoms with E-state index in [2.05, 4.69) is 23.3 Å². The minimum absolute atomic E-state index is 0.0974. The van der Waals surface area contributed by atoms with Gasteiger partial charge in [0.2, 0.25) is 0 Å². The zero-order valence-corrected chi connectivity index (χ0v) is 16.6. The number of halogens is 1. The van der Waals surface area contributed by atoms with Crippen molar-refractivity contribution in [1.82, 2.24) is 10.0 Å². The Kier molecular flexibility index (Phi) is 6.48. The molecule has 27 heavy (non-hydrogen) atoms. The first kappa shape index (κ1) is 19.4. The highest BCUT2D eigenvalue weighted by Crippen LogP contribution is 2.27. The molecule has 0 saturated heterocycles. The van der Waals surface area contributed by atoms with Crippen LogP contribution in [0.4, 0.5) is 4.79 Å². The highest BCUT2D eigenvalue weighted by atomic mass is 35.5. The van der Waals surface area contributed by atoms with E-state index < -0.39 is 6.03 Å². The molecule has 2 aromatic heterocycles. The van der Waals surface area contributed by atoms with Gasteiger partial charge in [-0.05, 0) is 24.3 Å². The molecule has 2 heterocycles. The number of rotatable bonds is 5. The molecule has 0 aliphatic rings. The summed E-state index contributed by atoms with van der Waals surface area (Å²) in [6, 6.07) is 10.9. The first-order valence-corrected chi connectivity index (χ1v) is 10.1. The zero-order valence-electron chi connectivity index (χ0n) is 14.2. The van der Waals surface area contributed by atoms with E-state index in [9.17, 15) is 4.79 Å². The van der Waals surface area contributed by atoms with E-state index in [1.165, 1.54) is 4.88 Å². The van der Waals surface area contributed by atoms with Crippen molar-refractivity contribution in [3.05, 3.63) is 62.2 Å². The first-order chi connectivity index (χ1) is 13.0. The highest BCUT2D eigenvalue weighted by Gasteiger charge is 2.07. The standard InChI is InChI=1S/C19H16ClN3O2S2/c20-14-6-4-13(5-7-14)18-22-15(12-26-18)11-17-9-8-16(27-17)3-1-2-10-23(25)19(21)24/h4-9,12,25H,3,10-11H2,(H2,21,24). The van der Waals surface area contributed by atoms with E-state index in [-0.39, 0.29) is 6.54 Å². The number of hydroxylamine groups is 2. The van der Waals surface area contributed by atoms with Gasteiger partial charge in [0.15, 0.2) is 0 Å². The third kappa shape index (κ3) is 5.55. The Balaban J connectivity index is 1.57. The van der Waals surface area contributed by atoms with Crippen LogP contribution in [-0.2, 0) is 12.8 Å². The van der Waals surface area contributed by atoms with Gasteiger partial charge in [0, 0.05) is 38.6 Å². The van der Waals surface area contributed by atoms with Gasteiger partial charge in [0.25, 0.3) is 0 Å². The number of aromatic nitrogens is 1. The van der Waals surface area contributed by atoms with Crippen molar-refractivity contribution in [3.63, 3.8) is 0 Å². The molecule has 0 unspecified atom stereocenters. The normalized spacial score (nSPS) is 10.3. The van der Waals surface area contributed by atoms with Crippen molar-refractivity contribution in [2.24, 2.45) is 5.73 Å². The minimum atomic E-state index is -0.913. The van der Waals surface area contributed by atoms with Crippen LogP contribution in [0.25, 0.3) is 10.6 Å². The van der Waals surface area contributed by atoms with Crippen LogP contribution in [0.15, 0.2) is 41.8 Å². The second-order valence-electron chi connectivity index (χ2n) is 5.62. The maximum absolute atomic E-state index is 10.7. The SMILES string of the molecule is NC(=O)N(O)CC#CCc1ccc(Cc2csc(-c3ccc(Cl)cc3)n2)s1. The molecule has 5 nitrogen and oxygen atoms in total. The lowest BCUT2D eigenvalue weighted by Gasteiger charge is -2.05. The van der Waals surface area contributed by atoms with Crippen LogP contribution in [-0.4, -0.2) is 27.8 Å². The molecule has 0 radical (unpaired) electrons. The summed E-state index contributed by atoms with van der Waals surface area (Å²) >= 11 is 9.22. The lowest BCUT2D eigenvalue weighted by Crippen LogP contribution is -2.32. The van der Waals surface area contributed by atoms with Gasteiger partial charge in [-0.25, -0.2) is 9.78 Å². The summed E-state index contributed by atoms with van der Waals surface area (Å²) in [5, 5.41) is 13.3. The number of amides is 2. The number of carbonyl (C=O) groups excluding carboxylic acids is 1. The largest absolute Gasteiger partial charge is 0.350 e. The van der Waals surface area contributed by atoms with E-state index >= 15 is 0 Å². The minimum Gasteiger partial charge on any atom is -0.350 e. The number of nitrogens with zero attached hydrogens (tertiary/aromatic N) is 2. The number of thiophene rings is 1. The first-order valence-electron chi connectivity index (χ1n) is 8.01. The Morgan fingerprint density at radius 2 is 1.93 bits per heavy atom. The molecule has 2 amide bonds. The van der Waals surface area contributed by atoms with Gasteiger partial charge in [-0.1, -0.05) is 35.6 Å². The molecule has 0 spiro atoms. The molecule has 0 atom stereocenters. The van der Waals surface area contributed by atoms with Crippen molar-refractivity contribution >= 4 is 40.3 Å². The summed E-state index contributed by atoms with van der Waals surface area (Å²) in [6.45, 7) is -0.0974. The summed E-state index contributed by atoms with van der Waals surface area (Å²) in [5.74, 6) is 5.63. The summed E-state index contributed by atoms with van der Waals surface area (Å²) in [4.78, 5) is 17.7. The number of primary amides is 1. The molecule has 0 saturated carbocycles. The maximum Gasteiger partial charge on any atom is 0.339 e. The zero-order chi connectivity index (χ0) is 19.2. The van der Waals surface area contributed by atoms with Gasteiger partial charge >= 0.3 is 6.03 Å². The fourth-order valence-electron chi connectivity index (χ4n) is 2.26. The monoisotopic (exact) mass is 417 g/mol. The van der Waals surface area contributed by atoms with Crippen molar-refractivity contribution in [2.45, 2.75) is 12.8 Å². The molecule has 3 aromatic rings. The lowest BCUT2D eigenvalue weighted by atomic mass is 10.2. The molecule has 3 rings (SSSR count). The van der Waals surface area contributed by atoms with E-state index in [0.717, 1.165) is 27.6 Å². The number of hydrogen-bond donors (Lipinski definition) is 2. The van der Waals surface area contributed by atoms with Crippen LogP contribution in [0.2, 0.25) is 5.02 Å². The van der Waals surface area contributed by atoms with Crippen LogP contribution in [0.1, 0.15) is 15.4 Å². The molecular weight excluding hydrogens is 402 g/mol. The molecule has 3 N–H and O–H groups in total. The van der Waals surface area contributed by atoms with Gasteiger partial charge in [-0.15, -0.1) is 22.7 Å². The quantitative estimate of drug-likeness (QED) is 0.366.